The van der Waals surface area contributed by atoms with Crippen molar-refractivity contribution in [1.82, 2.24) is 4.57 Å². The first-order valence-corrected chi connectivity index (χ1v) is 19.2. The van der Waals surface area contributed by atoms with Gasteiger partial charge in [0.25, 0.3) is 0 Å². The fraction of sp³-hybridized carbons (Fsp3) is 0.0233. The Morgan fingerprint density at radius 3 is 1.77 bits per heavy atom. The molecule has 3 aromatic heterocycles. The number of hydrogen-bond donors (Lipinski definition) is 0. The Morgan fingerprint density at radius 1 is 0.450 bits per heavy atom. The maximum Gasteiger partial charge on any atom is 0.143 e. The number of aromatic nitrogens is 1. The number of halogens is 1. The Morgan fingerprint density at radius 2 is 1.03 bits per heavy atom. The van der Waals surface area contributed by atoms with Crippen LogP contribution in [0.1, 0.15) is 5.76 Å². The smallest absolute Gasteiger partial charge is 0.143 e. The van der Waals surface area contributed by atoms with Crippen molar-refractivity contribution in [2.75, 3.05) is 0 Å². The lowest BCUT2D eigenvalue weighted by atomic mass is 9.63. The molecule has 0 saturated heterocycles. The van der Waals surface area contributed by atoms with Crippen LogP contribution in [0, 0.1) is 6.92 Å². The monoisotopic (exact) mass is 799 g/mol. The molecular weight excluding hydrogens is 783 g/mol. The highest BCUT2D eigenvalue weighted by Crippen LogP contribution is 2.40. The number of aryl methyl sites for hydroxylation is 1. The first-order chi connectivity index (χ1) is 28.6. The zero-order valence-corrected chi connectivity index (χ0v) is 33.7. The van der Waals surface area contributed by atoms with E-state index in [1.165, 1.54) is 6.07 Å². The molecule has 0 N–H and O–H groups in total. The molecule has 250 valence electrons. The number of para-hydroxylation sites is 3. The number of nitrogens with zero attached hydrogens (tertiary/aromatic N) is 1. The molecule has 17 heteroatoms. The molecule has 26 radical (unpaired) electrons. The minimum Gasteiger partial charge on any atom is -0.461 e. The molecule has 3 nitrogen and oxygen atoms in total. The molecule has 60 heavy (non-hydrogen) atoms. The summed E-state index contributed by atoms with van der Waals surface area (Å²) in [4.78, 5) is 0. The topological polar surface area (TPSA) is 31.2 Å². The van der Waals surface area contributed by atoms with Crippen molar-refractivity contribution in [3.8, 4) is 27.9 Å². The first-order valence-electron chi connectivity index (χ1n) is 18.4. The summed E-state index contributed by atoms with van der Waals surface area (Å²) < 4.78 is 15.2. The molecule has 6 aromatic carbocycles. The van der Waals surface area contributed by atoms with Crippen molar-refractivity contribution in [3.05, 3.63) is 83.0 Å². The SMILES string of the molecule is [B]c1cc2c([B])c([B])c([B])c(-c3c([B])c([B])c4c(c3[B])c3c([B])c(Br)c([B])c([B])c3n4-c3ccccc3-c3cccc4c3oc3ccccc34)c2oc(C)c([B])c([B])c1[B]. The third-order valence-electron chi connectivity index (χ3n) is 11.3. The van der Waals surface area contributed by atoms with Crippen LogP contribution in [0.2, 0.25) is 0 Å². The zero-order chi connectivity index (χ0) is 42.8. The molecule has 0 atom stereocenters. The van der Waals surface area contributed by atoms with E-state index in [0.29, 0.717) is 37.5 Å². The van der Waals surface area contributed by atoms with E-state index < -0.39 is 0 Å². The number of benzene rings is 6. The van der Waals surface area contributed by atoms with Crippen LogP contribution in [0.25, 0.3) is 82.7 Å². The second-order valence-corrected chi connectivity index (χ2v) is 15.4. The van der Waals surface area contributed by atoms with Gasteiger partial charge >= 0.3 is 0 Å². The van der Waals surface area contributed by atoms with Gasteiger partial charge in [-0.2, -0.15) is 0 Å². The van der Waals surface area contributed by atoms with Gasteiger partial charge < -0.3 is 13.4 Å². The molecule has 0 spiro atoms. The van der Waals surface area contributed by atoms with Crippen LogP contribution in [0.15, 0.2) is 86.1 Å². The zero-order valence-electron chi connectivity index (χ0n) is 32.1. The summed E-state index contributed by atoms with van der Waals surface area (Å²) in [5.41, 5.74) is 5.54. The van der Waals surface area contributed by atoms with Gasteiger partial charge in [-0.25, -0.2) is 0 Å². The summed E-state index contributed by atoms with van der Waals surface area (Å²) in [5, 5.41) is 2.90. The van der Waals surface area contributed by atoms with Crippen LogP contribution >= 0.6 is 15.9 Å². The minimum atomic E-state index is -0.0270. The van der Waals surface area contributed by atoms with Crippen LogP contribution in [-0.4, -0.2) is 107 Å². The van der Waals surface area contributed by atoms with E-state index in [2.05, 4.69) is 15.9 Å². The molecule has 0 bridgehead atoms. The molecule has 0 aliphatic carbocycles. The number of fused-ring (bicyclic) bond motifs is 7. The average molecular weight is 798 g/mol. The number of furan rings is 1. The van der Waals surface area contributed by atoms with Crippen LogP contribution in [0.5, 0.6) is 0 Å². The van der Waals surface area contributed by atoms with E-state index in [-0.39, 0.29) is 98.9 Å². The molecule has 3 heterocycles. The van der Waals surface area contributed by atoms with Gasteiger partial charge in [0, 0.05) is 59.1 Å². The second-order valence-electron chi connectivity index (χ2n) is 14.6. The maximum atomic E-state index is 7.36. The van der Waals surface area contributed by atoms with Gasteiger partial charge in [0.15, 0.2) is 0 Å². The van der Waals surface area contributed by atoms with Crippen molar-refractivity contribution < 1.29 is 8.83 Å². The van der Waals surface area contributed by atoms with Crippen LogP contribution in [0.4, 0.5) is 0 Å². The number of hydrogen-bond acceptors (Lipinski definition) is 2. The Bertz CT molecular complexity index is 3460. The normalized spacial score (nSPS) is 11.7. The van der Waals surface area contributed by atoms with Gasteiger partial charge in [-0.05, 0) is 24.6 Å². The largest absolute Gasteiger partial charge is 0.461 e. The third kappa shape index (κ3) is 5.74. The van der Waals surface area contributed by atoms with E-state index in [4.69, 9.17) is 111 Å². The van der Waals surface area contributed by atoms with Gasteiger partial charge in [0.2, 0.25) is 0 Å². The predicted octanol–water partition coefficient (Wildman–Crippen LogP) is -2.72. The second kappa shape index (κ2) is 14.7. The van der Waals surface area contributed by atoms with E-state index in [0.717, 1.165) is 27.5 Å². The van der Waals surface area contributed by atoms with Crippen LogP contribution < -0.4 is 71.0 Å². The molecule has 9 aromatic rings. The van der Waals surface area contributed by atoms with Crippen molar-refractivity contribution >= 4 is 244 Å². The standard InChI is InChI=1S/C43H15B13BrNO2/c1-14-27(45)34(52)29(47)20(44)13-19-28(46)35(53)32(50)26(43(19)59-14)23-30(48)24-25-33(51)39(57)36(54)38(56)41(25)58(40(24)37(55)31(23)49)21-11-4-2-7-15(21)17-9-6-10-18-16-8-3-5-12-22(16)60-42(17)18/h2-13H,1H3. The van der Waals surface area contributed by atoms with Crippen molar-refractivity contribution in [2.45, 2.75) is 6.92 Å². The average Bonchev–Trinajstić information content (AvgIpc) is 3.82. The fourth-order valence-corrected chi connectivity index (χ4v) is 8.65. The number of rotatable bonds is 3. The van der Waals surface area contributed by atoms with E-state index in [1.807, 2.05) is 71.3 Å². The highest BCUT2D eigenvalue weighted by molar-refractivity contribution is 9.10. The summed E-state index contributed by atoms with van der Waals surface area (Å²) >= 11 is 3.57. The molecule has 9 rings (SSSR count). The molecule has 0 unspecified atom stereocenters. The molecule has 0 aliphatic rings. The summed E-state index contributed by atoms with van der Waals surface area (Å²) in [6.07, 6.45) is 0. The predicted molar refractivity (Wildman–Crippen MR) is 269 cm³/mol. The van der Waals surface area contributed by atoms with Gasteiger partial charge in [-0.15, -0.1) is 21.9 Å². The van der Waals surface area contributed by atoms with Gasteiger partial charge in [-0.3, -0.25) is 0 Å². The van der Waals surface area contributed by atoms with E-state index in [9.17, 15) is 0 Å². The highest BCUT2D eigenvalue weighted by atomic mass is 79.9. The van der Waals surface area contributed by atoms with Gasteiger partial charge in [-0.1, -0.05) is 126 Å². The van der Waals surface area contributed by atoms with Crippen molar-refractivity contribution in [2.24, 2.45) is 0 Å². The summed E-state index contributed by atoms with van der Waals surface area (Å²) in [6.45, 7) is 1.58. The van der Waals surface area contributed by atoms with Crippen molar-refractivity contribution in [1.29, 1.82) is 0 Å². The maximum absolute atomic E-state index is 7.36. The molecule has 0 amide bonds. The summed E-state index contributed by atoms with van der Waals surface area (Å²) in [6, 6.07) is 23.0. The Hall–Kier alpha value is -4.74. The van der Waals surface area contributed by atoms with Crippen LogP contribution in [-0.2, 0) is 0 Å². The third-order valence-corrected chi connectivity index (χ3v) is 12.2. The van der Waals surface area contributed by atoms with Crippen LogP contribution in [0.3, 0.4) is 0 Å². The molecule has 0 fully saturated rings. The lowest BCUT2D eigenvalue weighted by Gasteiger charge is -2.24. The lowest BCUT2D eigenvalue weighted by Crippen LogP contribution is -2.45. The van der Waals surface area contributed by atoms with Crippen molar-refractivity contribution in [3.63, 3.8) is 0 Å². The summed E-state index contributed by atoms with van der Waals surface area (Å²) in [7, 11) is 87.9. The van der Waals surface area contributed by atoms with E-state index >= 15 is 0 Å². The minimum absolute atomic E-state index is 0.00750. The van der Waals surface area contributed by atoms with E-state index in [1.54, 1.807) is 6.92 Å². The lowest BCUT2D eigenvalue weighted by molar-refractivity contribution is 0.575. The molecule has 0 saturated carbocycles. The Kier molecular flexibility index (Phi) is 9.98. The summed E-state index contributed by atoms with van der Waals surface area (Å²) in [5.74, 6) is 0.139. The van der Waals surface area contributed by atoms with Gasteiger partial charge in [0.05, 0.1) is 11.4 Å². The Balaban J connectivity index is 1.49. The van der Waals surface area contributed by atoms with Gasteiger partial charge in [0.1, 0.15) is 119 Å². The Labute approximate surface area is 372 Å². The fourth-order valence-electron chi connectivity index (χ4n) is 8.24. The first kappa shape index (κ1) is 40.7. The molecular formula is C43H15B13BrNO2. The highest BCUT2D eigenvalue weighted by Gasteiger charge is 2.28. The molecule has 0 aliphatic heterocycles. The quantitative estimate of drug-likeness (QED) is 0.182.